The number of halogens is 1. The second-order valence-corrected chi connectivity index (χ2v) is 5.87. The summed E-state index contributed by atoms with van der Waals surface area (Å²) in [7, 11) is 0. The molecule has 24 heavy (non-hydrogen) atoms. The number of H-pyrrole nitrogens is 1. The van der Waals surface area contributed by atoms with E-state index in [-0.39, 0.29) is 5.56 Å². The fourth-order valence-corrected chi connectivity index (χ4v) is 2.99. The fourth-order valence-electron chi connectivity index (χ4n) is 2.71. The van der Waals surface area contributed by atoms with Gasteiger partial charge >= 0.3 is 5.97 Å². The first-order valence-corrected chi connectivity index (χ1v) is 7.80. The van der Waals surface area contributed by atoms with Gasteiger partial charge < -0.3 is 19.7 Å². The van der Waals surface area contributed by atoms with Crippen LogP contribution in [0.3, 0.4) is 0 Å². The normalized spacial score (nSPS) is 15.1. The number of imidazole rings is 1. The highest BCUT2D eigenvalue weighted by molar-refractivity contribution is 6.34. The predicted molar refractivity (Wildman–Crippen MR) is 88.2 cm³/mol. The topological polar surface area (TPSA) is 96.3 Å². The quantitative estimate of drug-likeness (QED) is 0.751. The number of aromatic nitrogens is 4. The summed E-state index contributed by atoms with van der Waals surface area (Å²) in [5, 5.41) is 13.6. The maximum absolute atomic E-state index is 11.0. The number of rotatable bonds is 3. The summed E-state index contributed by atoms with van der Waals surface area (Å²) in [6, 6.07) is 3.74. The average molecular weight is 348 g/mol. The first-order chi connectivity index (χ1) is 11.6. The Hall–Kier alpha value is -2.58. The van der Waals surface area contributed by atoms with Crippen LogP contribution in [0.5, 0.6) is 0 Å². The van der Waals surface area contributed by atoms with Crippen molar-refractivity contribution in [3.8, 4) is 5.95 Å². The molecule has 3 heterocycles. The maximum Gasteiger partial charge on any atom is 0.338 e. The number of aromatic carboxylic acids is 1. The Morgan fingerprint density at radius 2 is 2.12 bits per heavy atom. The Morgan fingerprint density at radius 3 is 2.83 bits per heavy atom. The van der Waals surface area contributed by atoms with Crippen LogP contribution < -0.4 is 4.90 Å². The van der Waals surface area contributed by atoms with Crippen LogP contribution in [-0.4, -0.2) is 57.1 Å². The molecule has 9 heteroatoms. The number of anilines is 1. The second-order valence-electron chi connectivity index (χ2n) is 5.46. The van der Waals surface area contributed by atoms with Gasteiger partial charge in [0.1, 0.15) is 0 Å². The van der Waals surface area contributed by atoms with Crippen LogP contribution in [0.15, 0.2) is 24.5 Å². The van der Waals surface area contributed by atoms with Gasteiger partial charge in [0.15, 0.2) is 0 Å². The minimum atomic E-state index is -1.03. The Kier molecular flexibility index (Phi) is 3.62. The van der Waals surface area contributed by atoms with Crippen molar-refractivity contribution in [3.05, 3.63) is 35.1 Å². The number of ether oxygens (including phenoxy) is 1. The van der Waals surface area contributed by atoms with Crippen molar-refractivity contribution >= 4 is 34.3 Å². The molecule has 0 unspecified atom stereocenters. The highest BCUT2D eigenvalue weighted by Gasteiger charge is 2.17. The predicted octanol–water partition coefficient (Wildman–Crippen LogP) is 1.94. The van der Waals surface area contributed by atoms with Gasteiger partial charge in [-0.1, -0.05) is 11.6 Å². The molecule has 8 nitrogen and oxygen atoms in total. The second kappa shape index (κ2) is 5.81. The third-order valence-electron chi connectivity index (χ3n) is 3.94. The van der Waals surface area contributed by atoms with Gasteiger partial charge in [-0.05, 0) is 12.1 Å². The van der Waals surface area contributed by atoms with Crippen LogP contribution in [0, 0.1) is 0 Å². The first-order valence-electron chi connectivity index (χ1n) is 7.42. The van der Waals surface area contributed by atoms with Gasteiger partial charge in [-0.15, -0.1) is 0 Å². The van der Waals surface area contributed by atoms with Gasteiger partial charge in [-0.25, -0.2) is 14.5 Å². The number of nitrogens with zero attached hydrogens (tertiary/aromatic N) is 4. The van der Waals surface area contributed by atoms with E-state index in [2.05, 4.69) is 20.0 Å². The number of hydrogen-bond donors (Lipinski definition) is 2. The van der Waals surface area contributed by atoms with Crippen LogP contribution in [-0.2, 0) is 4.74 Å². The molecule has 1 saturated heterocycles. The van der Waals surface area contributed by atoms with Gasteiger partial charge in [0.05, 0.1) is 46.7 Å². The molecule has 1 aliphatic heterocycles. The molecule has 0 bridgehead atoms. The molecule has 0 amide bonds. The Bertz CT molecular complexity index is 913. The third kappa shape index (κ3) is 2.59. The fraction of sp³-hybridized carbons (Fsp3) is 0.267. The van der Waals surface area contributed by atoms with Crippen molar-refractivity contribution in [2.24, 2.45) is 0 Å². The average Bonchev–Trinajstić information content (AvgIpc) is 3.21. The van der Waals surface area contributed by atoms with Crippen molar-refractivity contribution in [2.45, 2.75) is 0 Å². The minimum absolute atomic E-state index is 0.0995. The summed E-state index contributed by atoms with van der Waals surface area (Å²) < 4.78 is 6.76. The summed E-state index contributed by atoms with van der Waals surface area (Å²) >= 11 is 6.41. The number of hydrogen-bond acceptors (Lipinski definition) is 5. The van der Waals surface area contributed by atoms with Crippen molar-refractivity contribution < 1.29 is 14.6 Å². The number of fused-ring (bicyclic) bond motifs is 1. The van der Waals surface area contributed by atoms with Crippen molar-refractivity contribution in [2.75, 3.05) is 31.2 Å². The number of nitrogens with one attached hydrogen (secondary N) is 1. The molecule has 124 valence electrons. The number of carboxylic acid groups (broad SMARTS) is 1. The van der Waals surface area contributed by atoms with Gasteiger partial charge in [0.25, 0.3) is 0 Å². The van der Waals surface area contributed by atoms with E-state index in [4.69, 9.17) is 21.4 Å². The first kappa shape index (κ1) is 15.0. The largest absolute Gasteiger partial charge is 0.478 e. The van der Waals surface area contributed by atoms with Gasteiger partial charge in [0.2, 0.25) is 5.95 Å². The Morgan fingerprint density at radius 1 is 1.33 bits per heavy atom. The standard InChI is InChI=1S/C15H14ClN5O3/c16-10-5-11-12(6-13(10)20-1-3-24-4-2-20)19-15(18-11)21-8-9(7-17-21)14(22)23/h5-8H,1-4H2,(H,18,19)(H,22,23). The molecule has 0 saturated carbocycles. The zero-order chi connectivity index (χ0) is 16.7. The molecule has 2 aromatic heterocycles. The lowest BCUT2D eigenvalue weighted by atomic mass is 10.2. The number of aromatic amines is 1. The molecule has 1 fully saturated rings. The lowest BCUT2D eigenvalue weighted by Gasteiger charge is -2.29. The third-order valence-corrected chi connectivity index (χ3v) is 4.24. The van der Waals surface area contributed by atoms with E-state index in [9.17, 15) is 4.79 Å². The van der Waals surface area contributed by atoms with E-state index in [0.29, 0.717) is 24.2 Å². The molecular formula is C15H14ClN5O3. The van der Waals surface area contributed by atoms with Crippen LogP contribution in [0.25, 0.3) is 17.0 Å². The van der Waals surface area contributed by atoms with E-state index in [1.807, 2.05) is 12.1 Å². The van der Waals surface area contributed by atoms with Gasteiger partial charge in [-0.3, -0.25) is 0 Å². The molecule has 4 rings (SSSR count). The molecule has 1 aliphatic rings. The Labute approximate surface area is 141 Å². The van der Waals surface area contributed by atoms with Crippen LogP contribution in [0.4, 0.5) is 5.69 Å². The summed E-state index contributed by atoms with van der Waals surface area (Å²) in [4.78, 5) is 20.7. The van der Waals surface area contributed by atoms with E-state index in [0.717, 1.165) is 29.8 Å². The summed E-state index contributed by atoms with van der Waals surface area (Å²) in [6.07, 6.45) is 2.69. The van der Waals surface area contributed by atoms with E-state index >= 15 is 0 Å². The summed E-state index contributed by atoms with van der Waals surface area (Å²) in [5.74, 6) is -0.595. The minimum Gasteiger partial charge on any atom is -0.478 e. The number of carboxylic acids is 1. The van der Waals surface area contributed by atoms with E-state index < -0.39 is 5.97 Å². The highest BCUT2D eigenvalue weighted by atomic mass is 35.5. The molecule has 0 atom stereocenters. The van der Waals surface area contributed by atoms with Crippen molar-refractivity contribution in [1.29, 1.82) is 0 Å². The molecule has 1 aromatic carbocycles. The molecule has 0 radical (unpaired) electrons. The molecule has 0 aliphatic carbocycles. The van der Waals surface area contributed by atoms with Gasteiger partial charge in [0, 0.05) is 19.3 Å². The van der Waals surface area contributed by atoms with Crippen molar-refractivity contribution in [1.82, 2.24) is 19.7 Å². The highest BCUT2D eigenvalue weighted by Crippen LogP contribution is 2.31. The summed E-state index contributed by atoms with van der Waals surface area (Å²) in [5.41, 5.74) is 2.52. The van der Waals surface area contributed by atoms with Crippen LogP contribution in [0.2, 0.25) is 5.02 Å². The Balaban J connectivity index is 1.73. The zero-order valence-corrected chi connectivity index (χ0v) is 13.3. The zero-order valence-electron chi connectivity index (χ0n) is 12.6. The van der Waals surface area contributed by atoms with Crippen LogP contribution in [0.1, 0.15) is 10.4 Å². The SMILES string of the molecule is O=C(O)c1cnn(-c2nc3cc(N4CCOCC4)c(Cl)cc3[nH]2)c1. The lowest BCUT2D eigenvalue weighted by molar-refractivity contribution is 0.0697. The summed E-state index contributed by atoms with van der Waals surface area (Å²) in [6.45, 7) is 2.91. The van der Waals surface area contributed by atoms with Crippen LogP contribution >= 0.6 is 11.6 Å². The number of carbonyl (C=O) groups is 1. The molecule has 3 aromatic rings. The molecule has 2 N–H and O–H groups in total. The van der Waals surface area contributed by atoms with Crippen molar-refractivity contribution in [3.63, 3.8) is 0 Å². The monoisotopic (exact) mass is 347 g/mol. The molecular weight excluding hydrogens is 334 g/mol. The number of benzene rings is 1. The number of morpholine rings is 1. The molecule has 0 spiro atoms. The van der Waals surface area contributed by atoms with E-state index in [1.165, 1.54) is 17.1 Å². The maximum atomic E-state index is 11.0. The van der Waals surface area contributed by atoms with Gasteiger partial charge in [-0.2, -0.15) is 5.10 Å². The smallest absolute Gasteiger partial charge is 0.338 e. The lowest BCUT2D eigenvalue weighted by Crippen LogP contribution is -2.36. The van der Waals surface area contributed by atoms with E-state index in [1.54, 1.807) is 0 Å².